The number of rotatable bonds is 3. The number of amides is 2. The van der Waals surface area contributed by atoms with Gasteiger partial charge in [0.25, 0.3) is 0 Å². The SMILES string of the molecule is O=C(CN1C(=O)CNc2ccccc21)NC1CCCC1. The van der Waals surface area contributed by atoms with Crippen molar-refractivity contribution in [3.63, 3.8) is 0 Å². The number of para-hydroxylation sites is 2. The second-order valence-corrected chi connectivity index (χ2v) is 5.40. The van der Waals surface area contributed by atoms with Gasteiger partial charge in [-0.05, 0) is 25.0 Å². The fourth-order valence-electron chi connectivity index (χ4n) is 2.92. The summed E-state index contributed by atoms with van der Waals surface area (Å²) in [7, 11) is 0. The Balaban J connectivity index is 1.69. The molecule has 0 spiro atoms. The quantitative estimate of drug-likeness (QED) is 0.877. The third-order valence-electron chi connectivity index (χ3n) is 3.95. The van der Waals surface area contributed by atoms with E-state index in [1.165, 1.54) is 12.8 Å². The van der Waals surface area contributed by atoms with Crippen LogP contribution < -0.4 is 15.5 Å². The molecule has 5 nitrogen and oxygen atoms in total. The zero-order valence-corrected chi connectivity index (χ0v) is 11.4. The molecule has 0 saturated heterocycles. The predicted molar refractivity (Wildman–Crippen MR) is 77.7 cm³/mol. The van der Waals surface area contributed by atoms with Crippen molar-refractivity contribution >= 4 is 23.2 Å². The van der Waals surface area contributed by atoms with Gasteiger partial charge >= 0.3 is 0 Å². The third-order valence-corrected chi connectivity index (χ3v) is 3.95. The molecule has 3 rings (SSSR count). The topological polar surface area (TPSA) is 61.4 Å². The molecule has 20 heavy (non-hydrogen) atoms. The van der Waals surface area contributed by atoms with Gasteiger partial charge in [-0.15, -0.1) is 0 Å². The second-order valence-electron chi connectivity index (χ2n) is 5.40. The van der Waals surface area contributed by atoms with Gasteiger partial charge in [-0.3, -0.25) is 14.5 Å². The summed E-state index contributed by atoms with van der Waals surface area (Å²) >= 11 is 0. The van der Waals surface area contributed by atoms with Crippen molar-refractivity contribution in [3.05, 3.63) is 24.3 Å². The van der Waals surface area contributed by atoms with E-state index in [1.807, 2.05) is 24.3 Å². The van der Waals surface area contributed by atoms with Crippen LogP contribution in [-0.2, 0) is 9.59 Å². The molecule has 2 aliphatic rings. The molecule has 1 aliphatic carbocycles. The first-order valence-electron chi connectivity index (χ1n) is 7.16. The summed E-state index contributed by atoms with van der Waals surface area (Å²) in [5, 5.41) is 6.09. The minimum atomic E-state index is -0.0676. The van der Waals surface area contributed by atoms with E-state index in [1.54, 1.807) is 4.90 Å². The highest BCUT2D eigenvalue weighted by Crippen LogP contribution is 2.28. The van der Waals surface area contributed by atoms with Crippen molar-refractivity contribution in [1.82, 2.24) is 5.32 Å². The van der Waals surface area contributed by atoms with Gasteiger partial charge in [0, 0.05) is 6.04 Å². The van der Waals surface area contributed by atoms with Gasteiger partial charge in [0.05, 0.1) is 17.9 Å². The van der Waals surface area contributed by atoms with Crippen LogP contribution in [0.5, 0.6) is 0 Å². The van der Waals surface area contributed by atoms with E-state index in [-0.39, 0.29) is 30.9 Å². The zero-order chi connectivity index (χ0) is 13.9. The molecular weight excluding hydrogens is 254 g/mol. The first kappa shape index (κ1) is 13.0. The Morgan fingerprint density at radius 3 is 2.85 bits per heavy atom. The highest BCUT2D eigenvalue weighted by atomic mass is 16.2. The lowest BCUT2D eigenvalue weighted by Gasteiger charge is -2.30. The van der Waals surface area contributed by atoms with Gasteiger partial charge in [0.2, 0.25) is 11.8 Å². The lowest BCUT2D eigenvalue weighted by Crippen LogP contribution is -2.47. The van der Waals surface area contributed by atoms with Gasteiger partial charge in [-0.1, -0.05) is 25.0 Å². The molecule has 1 aromatic carbocycles. The van der Waals surface area contributed by atoms with E-state index in [0.29, 0.717) is 0 Å². The van der Waals surface area contributed by atoms with Crippen LogP contribution >= 0.6 is 0 Å². The number of nitrogens with one attached hydrogen (secondary N) is 2. The van der Waals surface area contributed by atoms with Crippen molar-refractivity contribution in [2.75, 3.05) is 23.3 Å². The Morgan fingerprint density at radius 1 is 1.30 bits per heavy atom. The van der Waals surface area contributed by atoms with Crippen molar-refractivity contribution in [1.29, 1.82) is 0 Å². The zero-order valence-electron chi connectivity index (χ0n) is 11.4. The van der Waals surface area contributed by atoms with Crippen LogP contribution in [0.4, 0.5) is 11.4 Å². The average molecular weight is 273 g/mol. The Bertz CT molecular complexity index is 524. The summed E-state index contributed by atoms with van der Waals surface area (Å²) in [5.41, 5.74) is 1.69. The van der Waals surface area contributed by atoms with Crippen molar-refractivity contribution < 1.29 is 9.59 Å². The van der Waals surface area contributed by atoms with E-state index in [0.717, 1.165) is 24.2 Å². The molecule has 0 unspecified atom stereocenters. The van der Waals surface area contributed by atoms with E-state index in [9.17, 15) is 9.59 Å². The lowest BCUT2D eigenvalue weighted by atomic mass is 10.2. The molecule has 2 amide bonds. The molecule has 0 bridgehead atoms. The summed E-state index contributed by atoms with van der Waals surface area (Å²) in [6.45, 7) is 0.349. The predicted octanol–water partition coefficient (Wildman–Crippen LogP) is 1.50. The highest BCUT2D eigenvalue weighted by molar-refractivity contribution is 6.05. The number of hydrogen-bond acceptors (Lipinski definition) is 3. The number of fused-ring (bicyclic) bond motifs is 1. The monoisotopic (exact) mass is 273 g/mol. The Morgan fingerprint density at radius 2 is 2.05 bits per heavy atom. The molecule has 1 fully saturated rings. The van der Waals surface area contributed by atoms with Gasteiger partial charge in [-0.2, -0.15) is 0 Å². The summed E-state index contributed by atoms with van der Waals surface area (Å²) < 4.78 is 0. The number of carbonyl (C=O) groups excluding carboxylic acids is 2. The lowest BCUT2D eigenvalue weighted by molar-refractivity contribution is -0.123. The molecule has 1 saturated carbocycles. The molecular formula is C15H19N3O2. The Kier molecular flexibility index (Phi) is 3.58. The van der Waals surface area contributed by atoms with Gasteiger partial charge < -0.3 is 10.6 Å². The van der Waals surface area contributed by atoms with E-state index < -0.39 is 0 Å². The normalized spacial score (nSPS) is 18.6. The van der Waals surface area contributed by atoms with Crippen LogP contribution in [0.1, 0.15) is 25.7 Å². The summed E-state index contributed by atoms with van der Waals surface area (Å²) in [5.74, 6) is -0.132. The van der Waals surface area contributed by atoms with Crippen molar-refractivity contribution in [3.8, 4) is 0 Å². The maximum Gasteiger partial charge on any atom is 0.246 e. The number of hydrogen-bond donors (Lipinski definition) is 2. The molecule has 1 aromatic rings. The number of anilines is 2. The van der Waals surface area contributed by atoms with Crippen LogP contribution in [-0.4, -0.2) is 30.9 Å². The fraction of sp³-hybridized carbons (Fsp3) is 0.467. The minimum absolute atomic E-state index is 0.0646. The van der Waals surface area contributed by atoms with Crippen LogP contribution in [0.2, 0.25) is 0 Å². The standard InChI is InChI=1S/C15H19N3O2/c19-14(17-11-5-1-2-6-11)10-18-13-8-4-3-7-12(13)16-9-15(18)20/h3-4,7-8,11,16H,1-2,5-6,9-10H2,(H,17,19). The molecule has 0 atom stereocenters. The molecule has 0 aromatic heterocycles. The molecule has 1 aliphatic heterocycles. The number of carbonyl (C=O) groups is 2. The van der Waals surface area contributed by atoms with Crippen molar-refractivity contribution in [2.24, 2.45) is 0 Å². The first-order valence-corrected chi connectivity index (χ1v) is 7.16. The van der Waals surface area contributed by atoms with Gasteiger partial charge in [0.15, 0.2) is 0 Å². The van der Waals surface area contributed by atoms with E-state index in [4.69, 9.17) is 0 Å². The van der Waals surface area contributed by atoms with E-state index in [2.05, 4.69) is 10.6 Å². The van der Waals surface area contributed by atoms with Crippen LogP contribution in [0, 0.1) is 0 Å². The summed E-state index contributed by atoms with van der Waals surface area (Å²) in [6, 6.07) is 7.86. The van der Waals surface area contributed by atoms with Crippen LogP contribution in [0.15, 0.2) is 24.3 Å². The van der Waals surface area contributed by atoms with Gasteiger partial charge in [-0.25, -0.2) is 0 Å². The minimum Gasteiger partial charge on any atom is -0.374 e. The molecule has 1 heterocycles. The summed E-state index contributed by atoms with van der Waals surface area (Å²) in [4.78, 5) is 25.7. The molecule has 2 N–H and O–H groups in total. The van der Waals surface area contributed by atoms with Crippen LogP contribution in [0.3, 0.4) is 0 Å². The highest BCUT2D eigenvalue weighted by Gasteiger charge is 2.26. The fourth-order valence-corrected chi connectivity index (χ4v) is 2.92. The third kappa shape index (κ3) is 2.61. The average Bonchev–Trinajstić information content (AvgIpc) is 2.95. The molecule has 5 heteroatoms. The molecule has 0 radical (unpaired) electrons. The Labute approximate surface area is 118 Å². The smallest absolute Gasteiger partial charge is 0.246 e. The Hall–Kier alpha value is -2.04. The second kappa shape index (κ2) is 5.53. The maximum absolute atomic E-state index is 12.1. The van der Waals surface area contributed by atoms with Crippen molar-refractivity contribution in [2.45, 2.75) is 31.7 Å². The number of nitrogens with zero attached hydrogens (tertiary/aromatic N) is 1. The van der Waals surface area contributed by atoms with Crippen LogP contribution in [0.25, 0.3) is 0 Å². The van der Waals surface area contributed by atoms with E-state index >= 15 is 0 Å². The molecule has 106 valence electrons. The first-order chi connectivity index (χ1) is 9.74. The summed E-state index contributed by atoms with van der Waals surface area (Å²) in [6.07, 6.45) is 4.47. The maximum atomic E-state index is 12.1. The largest absolute Gasteiger partial charge is 0.374 e. The van der Waals surface area contributed by atoms with Gasteiger partial charge in [0.1, 0.15) is 6.54 Å². The number of benzene rings is 1.